The molecule has 0 atom stereocenters. The summed E-state index contributed by atoms with van der Waals surface area (Å²) in [5.74, 6) is -0.550. The zero-order valence-corrected chi connectivity index (χ0v) is 11.0. The smallest absolute Gasteiger partial charge is 0.434 e. The van der Waals surface area contributed by atoms with Crippen molar-refractivity contribution >= 4 is 22.4 Å². The van der Waals surface area contributed by atoms with Gasteiger partial charge in [-0.2, -0.15) is 13.2 Å². The van der Waals surface area contributed by atoms with Crippen LogP contribution in [-0.4, -0.2) is 16.0 Å². The van der Waals surface area contributed by atoms with Crippen LogP contribution in [-0.2, 0) is 6.18 Å². The Labute approximate surface area is 115 Å². The molecular weight excluding hydrogens is 293 g/mol. The summed E-state index contributed by atoms with van der Waals surface area (Å²) in [5.41, 5.74) is -0.323. The Kier molecular flexibility index (Phi) is 3.67. The SMILES string of the molecule is Cc1cc(C(=O)Nc2nc(C(F)(F)F)cs2)ccc1O. The number of benzene rings is 1. The summed E-state index contributed by atoms with van der Waals surface area (Å²) in [6, 6.07) is 4.14. The van der Waals surface area contributed by atoms with E-state index in [4.69, 9.17) is 0 Å². The highest BCUT2D eigenvalue weighted by Crippen LogP contribution is 2.31. The van der Waals surface area contributed by atoms with E-state index < -0.39 is 17.8 Å². The predicted octanol–water partition coefficient (Wildman–Crippen LogP) is 3.43. The first-order valence-corrected chi connectivity index (χ1v) is 6.29. The van der Waals surface area contributed by atoms with Gasteiger partial charge in [0.2, 0.25) is 0 Å². The minimum atomic E-state index is -4.53. The van der Waals surface area contributed by atoms with Gasteiger partial charge in [0.15, 0.2) is 10.8 Å². The van der Waals surface area contributed by atoms with E-state index in [0.29, 0.717) is 16.9 Å². The number of aromatic nitrogens is 1. The molecule has 0 aliphatic heterocycles. The molecule has 2 rings (SSSR count). The average molecular weight is 302 g/mol. The summed E-state index contributed by atoms with van der Waals surface area (Å²) in [4.78, 5) is 15.1. The van der Waals surface area contributed by atoms with Crippen LogP contribution in [0.15, 0.2) is 23.6 Å². The molecule has 8 heteroatoms. The Morgan fingerprint density at radius 1 is 1.40 bits per heavy atom. The maximum absolute atomic E-state index is 12.4. The van der Waals surface area contributed by atoms with Gasteiger partial charge in [-0.25, -0.2) is 4.98 Å². The van der Waals surface area contributed by atoms with Crippen LogP contribution in [0.25, 0.3) is 0 Å². The molecule has 2 aromatic rings. The fraction of sp³-hybridized carbons (Fsp3) is 0.167. The van der Waals surface area contributed by atoms with E-state index in [-0.39, 0.29) is 16.4 Å². The number of alkyl halides is 3. The third-order valence-corrected chi connectivity index (χ3v) is 3.23. The number of carbonyl (C=O) groups is 1. The lowest BCUT2D eigenvalue weighted by molar-refractivity contribution is -0.140. The molecule has 0 aliphatic carbocycles. The summed E-state index contributed by atoms with van der Waals surface area (Å²) in [6.45, 7) is 1.61. The van der Waals surface area contributed by atoms with Crippen molar-refractivity contribution in [2.45, 2.75) is 13.1 Å². The first-order chi connectivity index (χ1) is 9.27. The van der Waals surface area contributed by atoms with Gasteiger partial charge in [0.25, 0.3) is 5.91 Å². The first kappa shape index (κ1) is 14.3. The maximum Gasteiger partial charge on any atom is 0.434 e. The summed E-state index contributed by atoms with van der Waals surface area (Å²) in [5, 5.41) is 12.3. The number of thiazole rings is 1. The van der Waals surface area contributed by atoms with Crippen LogP contribution in [0.5, 0.6) is 5.75 Å². The van der Waals surface area contributed by atoms with Crippen LogP contribution in [0.4, 0.5) is 18.3 Å². The van der Waals surface area contributed by atoms with Gasteiger partial charge in [-0.3, -0.25) is 10.1 Å². The van der Waals surface area contributed by atoms with E-state index in [2.05, 4.69) is 10.3 Å². The van der Waals surface area contributed by atoms with E-state index in [1.54, 1.807) is 6.92 Å². The van der Waals surface area contributed by atoms with E-state index in [1.807, 2.05) is 0 Å². The highest BCUT2D eigenvalue weighted by atomic mass is 32.1. The Hall–Kier alpha value is -2.09. The fourth-order valence-corrected chi connectivity index (χ4v) is 2.14. The normalized spacial score (nSPS) is 11.4. The second-order valence-corrected chi connectivity index (χ2v) is 4.85. The monoisotopic (exact) mass is 302 g/mol. The van der Waals surface area contributed by atoms with Crippen molar-refractivity contribution < 1.29 is 23.1 Å². The van der Waals surface area contributed by atoms with Crippen molar-refractivity contribution in [2.24, 2.45) is 0 Å². The van der Waals surface area contributed by atoms with E-state index in [9.17, 15) is 23.1 Å². The number of hydrogen-bond donors (Lipinski definition) is 2. The van der Waals surface area contributed by atoms with Crippen molar-refractivity contribution in [2.75, 3.05) is 5.32 Å². The fourth-order valence-electron chi connectivity index (χ4n) is 1.43. The number of aryl methyl sites for hydroxylation is 1. The summed E-state index contributed by atoms with van der Waals surface area (Å²) >= 11 is 0.694. The second kappa shape index (κ2) is 5.12. The number of aromatic hydroxyl groups is 1. The summed E-state index contributed by atoms with van der Waals surface area (Å²) in [6.07, 6.45) is -4.53. The van der Waals surface area contributed by atoms with Gasteiger partial charge < -0.3 is 5.11 Å². The molecule has 1 amide bonds. The summed E-state index contributed by atoms with van der Waals surface area (Å²) in [7, 11) is 0. The molecule has 0 radical (unpaired) electrons. The van der Waals surface area contributed by atoms with Crippen LogP contribution >= 0.6 is 11.3 Å². The Morgan fingerprint density at radius 3 is 2.65 bits per heavy atom. The van der Waals surface area contributed by atoms with Gasteiger partial charge >= 0.3 is 6.18 Å². The maximum atomic E-state index is 12.4. The molecule has 0 saturated heterocycles. The van der Waals surface area contributed by atoms with Crippen LogP contribution in [0.2, 0.25) is 0 Å². The lowest BCUT2D eigenvalue weighted by Gasteiger charge is -2.04. The van der Waals surface area contributed by atoms with Gasteiger partial charge in [-0.05, 0) is 30.7 Å². The van der Waals surface area contributed by atoms with Crippen LogP contribution < -0.4 is 5.32 Å². The number of nitrogens with one attached hydrogen (secondary N) is 1. The van der Waals surface area contributed by atoms with Crippen molar-refractivity contribution in [3.05, 3.63) is 40.4 Å². The molecule has 1 aromatic carbocycles. The Morgan fingerprint density at radius 2 is 2.10 bits per heavy atom. The number of halogens is 3. The second-order valence-electron chi connectivity index (χ2n) is 3.99. The zero-order valence-electron chi connectivity index (χ0n) is 10.2. The minimum Gasteiger partial charge on any atom is -0.508 e. The molecule has 0 aliphatic rings. The van der Waals surface area contributed by atoms with E-state index >= 15 is 0 Å². The first-order valence-electron chi connectivity index (χ1n) is 5.41. The van der Waals surface area contributed by atoms with Crippen molar-refractivity contribution in [1.29, 1.82) is 0 Å². The number of hydrogen-bond acceptors (Lipinski definition) is 4. The Bertz CT molecular complexity index is 652. The van der Waals surface area contributed by atoms with Crippen LogP contribution in [0.3, 0.4) is 0 Å². The van der Waals surface area contributed by atoms with Crippen molar-refractivity contribution in [1.82, 2.24) is 4.98 Å². The van der Waals surface area contributed by atoms with Crippen molar-refractivity contribution in [3.63, 3.8) is 0 Å². The van der Waals surface area contributed by atoms with Crippen LogP contribution in [0, 0.1) is 6.92 Å². The van der Waals surface area contributed by atoms with Crippen LogP contribution in [0.1, 0.15) is 21.6 Å². The molecule has 0 unspecified atom stereocenters. The number of phenolic OH excluding ortho intramolecular Hbond substituents is 1. The third kappa shape index (κ3) is 3.08. The molecule has 106 valence electrons. The number of nitrogens with zero attached hydrogens (tertiary/aromatic N) is 1. The lowest BCUT2D eigenvalue weighted by Crippen LogP contribution is -2.12. The zero-order chi connectivity index (χ0) is 14.9. The van der Waals surface area contributed by atoms with Gasteiger partial charge in [-0.1, -0.05) is 0 Å². The molecule has 0 bridgehead atoms. The largest absolute Gasteiger partial charge is 0.508 e. The number of amides is 1. The molecular formula is C12H9F3N2O2S. The highest BCUT2D eigenvalue weighted by molar-refractivity contribution is 7.14. The number of rotatable bonds is 2. The molecule has 0 saturated carbocycles. The average Bonchev–Trinajstić information content (AvgIpc) is 2.81. The molecule has 1 aromatic heterocycles. The van der Waals surface area contributed by atoms with Gasteiger partial charge in [0.05, 0.1) is 0 Å². The molecule has 1 heterocycles. The van der Waals surface area contributed by atoms with E-state index in [1.165, 1.54) is 18.2 Å². The topological polar surface area (TPSA) is 62.2 Å². The van der Waals surface area contributed by atoms with Gasteiger partial charge in [0.1, 0.15) is 5.75 Å². The number of phenols is 1. The Balaban J connectivity index is 2.15. The number of carbonyl (C=O) groups excluding carboxylic acids is 1. The summed E-state index contributed by atoms with van der Waals surface area (Å²) < 4.78 is 37.1. The minimum absolute atomic E-state index is 0.0372. The standard InChI is InChI=1S/C12H9F3N2O2S/c1-6-4-7(2-3-8(6)18)10(19)17-11-16-9(5-20-11)12(13,14)15/h2-5,18H,1H3,(H,16,17,19). The molecule has 4 nitrogen and oxygen atoms in total. The number of anilines is 1. The van der Waals surface area contributed by atoms with Gasteiger partial charge in [-0.15, -0.1) is 11.3 Å². The molecule has 2 N–H and O–H groups in total. The highest BCUT2D eigenvalue weighted by Gasteiger charge is 2.33. The quantitative estimate of drug-likeness (QED) is 0.893. The van der Waals surface area contributed by atoms with Gasteiger partial charge in [0, 0.05) is 10.9 Å². The molecule has 20 heavy (non-hydrogen) atoms. The molecule has 0 fully saturated rings. The third-order valence-electron chi connectivity index (χ3n) is 2.47. The van der Waals surface area contributed by atoms with E-state index in [0.717, 1.165) is 5.38 Å². The lowest BCUT2D eigenvalue weighted by atomic mass is 10.1. The van der Waals surface area contributed by atoms with Crippen molar-refractivity contribution in [3.8, 4) is 5.75 Å². The molecule has 0 spiro atoms. The predicted molar refractivity (Wildman–Crippen MR) is 67.9 cm³/mol.